The van der Waals surface area contributed by atoms with Crippen molar-refractivity contribution in [2.45, 2.75) is 38.0 Å². The highest BCUT2D eigenvalue weighted by Crippen LogP contribution is 2.44. The highest BCUT2D eigenvalue weighted by Gasteiger charge is 2.41. The van der Waals surface area contributed by atoms with Crippen LogP contribution in [0.4, 0.5) is 10.1 Å². The first-order chi connectivity index (χ1) is 11.0. The fourth-order valence-corrected chi connectivity index (χ4v) is 4.51. The molecule has 1 unspecified atom stereocenters. The minimum atomic E-state index is -0.515. The molecule has 1 aromatic carbocycles. The first kappa shape index (κ1) is 16.5. The van der Waals surface area contributed by atoms with Crippen molar-refractivity contribution in [2.75, 3.05) is 10.7 Å². The molecule has 0 bridgehead atoms. The normalized spacial score (nSPS) is 20.9. The van der Waals surface area contributed by atoms with Gasteiger partial charge in [0.1, 0.15) is 17.0 Å². The SMILES string of the molecule is CC(=O)CSC1C2=C(CCCC2)C(=O)N1c1ccc(Cl)cc1F. The molecule has 6 heteroatoms. The summed E-state index contributed by atoms with van der Waals surface area (Å²) in [5.41, 5.74) is 2.09. The zero-order valence-corrected chi connectivity index (χ0v) is 14.3. The quantitative estimate of drug-likeness (QED) is 0.807. The number of rotatable bonds is 4. The third-order valence-corrected chi connectivity index (χ3v) is 5.75. The van der Waals surface area contributed by atoms with Crippen LogP contribution >= 0.6 is 23.4 Å². The van der Waals surface area contributed by atoms with Gasteiger partial charge in [-0.3, -0.25) is 14.5 Å². The van der Waals surface area contributed by atoms with Gasteiger partial charge in [0.2, 0.25) is 0 Å². The van der Waals surface area contributed by atoms with E-state index in [0.29, 0.717) is 10.8 Å². The number of benzene rings is 1. The molecule has 0 spiro atoms. The van der Waals surface area contributed by atoms with E-state index in [9.17, 15) is 14.0 Å². The molecule has 0 radical (unpaired) electrons. The van der Waals surface area contributed by atoms with Crippen LogP contribution in [0.15, 0.2) is 29.3 Å². The summed E-state index contributed by atoms with van der Waals surface area (Å²) < 4.78 is 14.4. The Balaban J connectivity index is 1.99. The fraction of sp³-hybridized carbons (Fsp3) is 0.412. The van der Waals surface area contributed by atoms with Gasteiger partial charge in [-0.15, -0.1) is 11.8 Å². The fourth-order valence-electron chi connectivity index (χ4n) is 3.14. The molecule has 1 amide bonds. The summed E-state index contributed by atoms with van der Waals surface area (Å²) in [5, 5.41) is 0.000864. The molecule has 0 saturated carbocycles. The Bertz CT molecular complexity index is 704. The van der Waals surface area contributed by atoms with Crippen LogP contribution < -0.4 is 4.90 Å². The average molecular weight is 354 g/mol. The van der Waals surface area contributed by atoms with Crippen LogP contribution in [0.2, 0.25) is 5.02 Å². The van der Waals surface area contributed by atoms with Gasteiger partial charge >= 0.3 is 0 Å². The van der Waals surface area contributed by atoms with Crippen molar-refractivity contribution < 1.29 is 14.0 Å². The number of hydrogen-bond donors (Lipinski definition) is 0. The maximum Gasteiger partial charge on any atom is 0.255 e. The van der Waals surface area contributed by atoms with Crippen LogP contribution in [0.5, 0.6) is 0 Å². The van der Waals surface area contributed by atoms with Crippen LogP contribution in [-0.4, -0.2) is 22.8 Å². The summed E-state index contributed by atoms with van der Waals surface area (Å²) in [4.78, 5) is 25.7. The number of ketones is 1. The predicted molar refractivity (Wildman–Crippen MR) is 91.3 cm³/mol. The molecule has 3 nitrogen and oxygen atoms in total. The number of nitrogens with zero attached hydrogens (tertiary/aromatic N) is 1. The van der Waals surface area contributed by atoms with E-state index in [-0.39, 0.29) is 22.8 Å². The Hall–Kier alpha value is -1.33. The Morgan fingerprint density at radius 3 is 2.83 bits per heavy atom. The summed E-state index contributed by atoms with van der Waals surface area (Å²) in [6, 6.07) is 4.33. The van der Waals surface area contributed by atoms with Gasteiger partial charge in [0.05, 0.1) is 11.4 Å². The minimum Gasteiger partial charge on any atom is -0.299 e. The molecule has 1 aliphatic heterocycles. The average Bonchev–Trinajstić information content (AvgIpc) is 2.78. The monoisotopic (exact) mass is 353 g/mol. The Kier molecular flexibility index (Phi) is 4.78. The molecule has 122 valence electrons. The molecule has 1 aliphatic carbocycles. The minimum absolute atomic E-state index is 0.0452. The van der Waals surface area contributed by atoms with Gasteiger partial charge in [0, 0.05) is 10.6 Å². The van der Waals surface area contributed by atoms with Crippen molar-refractivity contribution >= 4 is 40.7 Å². The second-order valence-electron chi connectivity index (χ2n) is 5.85. The molecule has 0 aromatic heterocycles. The number of amides is 1. The maximum absolute atomic E-state index is 14.4. The number of hydrogen-bond acceptors (Lipinski definition) is 3. The maximum atomic E-state index is 14.4. The van der Waals surface area contributed by atoms with Crippen molar-refractivity contribution in [3.8, 4) is 0 Å². The van der Waals surface area contributed by atoms with Crippen molar-refractivity contribution in [3.05, 3.63) is 40.2 Å². The van der Waals surface area contributed by atoms with E-state index in [1.54, 1.807) is 6.07 Å². The van der Waals surface area contributed by atoms with Crippen LogP contribution in [0.25, 0.3) is 0 Å². The van der Waals surface area contributed by atoms with Crippen molar-refractivity contribution in [1.82, 2.24) is 0 Å². The third kappa shape index (κ3) is 3.17. The first-order valence-electron chi connectivity index (χ1n) is 7.60. The van der Waals surface area contributed by atoms with E-state index < -0.39 is 5.82 Å². The van der Waals surface area contributed by atoms with Gasteiger partial charge in [0.25, 0.3) is 5.91 Å². The summed E-state index contributed by atoms with van der Waals surface area (Å²) >= 11 is 7.21. The summed E-state index contributed by atoms with van der Waals surface area (Å²) in [5.74, 6) is -0.301. The number of thioether (sulfide) groups is 1. The van der Waals surface area contributed by atoms with E-state index in [2.05, 4.69) is 0 Å². The third-order valence-electron chi connectivity index (χ3n) is 4.13. The molecule has 0 fully saturated rings. The zero-order valence-electron chi connectivity index (χ0n) is 12.8. The van der Waals surface area contributed by atoms with E-state index in [0.717, 1.165) is 36.8 Å². The van der Waals surface area contributed by atoms with Crippen molar-refractivity contribution in [3.63, 3.8) is 0 Å². The predicted octanol–water partition coefficient (Wildman–Crippen LogP) is 4.34. The molecular formula is C17H17ClFNO2S. The molecule has 1 atom stereocenters. The van der Waals surface area contributed by atoms with Crippen LogP contribution in [0, 0.1) is 5.82 Å². The standard InChI is InChI=1S/C17H17ClFNO2S/c1-10(21)9-23-17-13-5-3-2-4-12(13)16(22)20(17)15-7-6-11(18)8-14(15)19/h6-8,17H,2-5,9H2,1H3. The zero-order chi connectivity index (χ0) is 16.6. The smallest absolute Gasteiger partial charge is 0.255 e. The van der Waals surface area contributed by atoms with E-state index in [1.807, 2.05) is 0 Å². The number of carbonyl (C=O) groups excluding carboxylic acids is 2. The van der Waals surface area contributed by atoms with Crippen molar-refractivity contribution in [2.24, 2.45) is 0 Å². The molecule has 2 aliphatic rings. The van der Waals surface area contributed by atoms with Crippen LogP contribution in [0.3, 0.4) is 0 Å². The highest BCUT2D eigenvalue weighted by molar-refractivity contribution is 8.00. The number of anilines is 1. The lowest BCUT2D eigenvalue weighted by molar-refractivity contribution is -0.115. The first-order valence-corrected chi connectivity index (χ1v) is 9.03. The molecule has 0 saturated heterocycles. The number of Topliss-reactive ketones (excluding diaryl/α,β-unsaturated/α-hetero) is 1. The lowest BCUT2D eigenvalue weighted by atomic mass is 9.94. The van der Waals surface area contributed by atoms with Gasteiger partial charge < -0.3 is 0 Å². The second-order valence-corrected chi connectivity index (χ2v) is 7.35. The lowest BCUT2D eigenvalue weighted by Gasteiger charge is -2.27. The molecule has 3 rings (SSSR count). The van der Waals surface area contributed by atoms with Gasteiger partial charge in [0.15, 0.2) is 0 Å². The van der Waals surface area contributed by atoms with Gasteiger partial charge in [-0.2, -0.15) is 0 Å². The van der Waals surface area contributed by atoms with Gasteiger partial charge in [-0.05, 0) is 56.4 Å². The van der Waals surface area contributed by atoms with E-state index in [1.165, 1.54) is 35.7 Å². The molecule has 1 heterocycles. The Morgan fingerprint density at radius 2 is 2.13 bits per heavy atom. The molecule has 1 aromatic rings. The summed E-state index contributed by atoms with van der Waals surface area (Å²) in [6.45, 7) is 1.52. The lowest BCUT2D eigenvalue weighted by Crippen LogP contribution is -2.35. The van der Waals surface area contributed by atoms with Gasteiger partial charge in [-0.1, -0.05) is 11.6 Å². The van der Waals surface area contributed by atoms with Crippen LogP contribution in [0.1, 0.15) is 32.6 Å². The molecule has 0 N–H and O–H groups in total. The Morgan fingerprint density at radius 1 is 1.39 bits per heavy atom. The van der Waals surface area contributed by atoms with Crippen LogP contribution in [-0.2, 0) is 9.59 Å². The summed E-state index contributed by atoms with van der Waals surface area (Å²) in [6.07, 6.45) is 3.57. The van der Waals surface area contributed by atoms with E-state index in [4.69, 9.17) is 11.6 Å². The largest absolute Gasteiger partial charge is 0.299 e. The molecule has 23 heavy (non-hydrogen) atoms. The number of carbonyl (C=O) groups is 2. The van der Waals surface area contributed by atoms with Crippen molar-refractivity contribution in [1.29, 1.82) is 0 Å². The number of halogens is 2. The van der Waals surface area contributed by atoms with E-state index >= 15 is 0 Å². The summed E-state index contributed by atoms with van der Waals surface area (Å²) in [7, 11) is 0. The second kappa shape index (κ2) is 6.65. The van der Waals surface area contributed by atoms with Gasteiger partial charge in [-0.25, -0.2) is 4.39 Å². The Labute approximate surface area is 143 Å². The topological polar surface area (TPSA) is 37.4 Å². The highest BCUT2D eigenvalue weighted by atomic mass is 35.5. The molecular weight excluding hydrogens is 337 g/mol.